The molecule has 1 rings (SSSR count). The van der Waals surface area contributed by atoms with Gasteiger partial charge in [-0.15, -0.1) is 11.3 Å². The third-order valence-corrected chi connectivity index (χ3v) is 3.66. The van der Waals surface area contributed by atoms with E-state index in [0.717, 1.165) is 25.7 Å². The number of unbranched alkanes of at least 4 members (excludes halogenated alkanes) is 1. The van der Waals surface area contributed by atoms with Crippen LogP contribution in [0.2, 0.25) is 0 Å². The Hall–Kier alpha value is -0.830. The van der Waals surface area contributed by atoms with Gasteiger partial charge in [-0.25, -0.2) is 0 Å². The monoisotopic (exact) mass is 239 g/mol. The van der Waals surface area contributed by atoms with Gasteiger partial charge in [-0.2, -0.15) is 0 Å². The summed E-state index contributed by atoms with van der Waals surface area (Å²) in [5.74, 6) is 0.407. The molecular weight excluding hydrogens is 218 g/mol. The standard InChI is InChI=1S/C13H21NOS/c1-3-5-7-11(4-2)13(15)14-10-12-8-6-9-16-12/h6,8-9,11H,3-5,7,10H2,1-2H3,(H,14,15). The normalized spacial score (nSPS) is 12.4. The van der Waals surface area contributed by atoms with Gasteiger partial charge in [-0.3, -0.25) is 4.79 Å². The van der Waals surface area contributed by atoms with Gasteiger partial charge in [0.25, 0.3) is 0 Å². The Morgan fingerprint density at radius 3 is 2.88 bits per heavy atom. The Bertz CT molecular complexity index is 295. The first-order valence-corrected chi connectivity index (χ1v) is 6.96. The van der Waals surface area contributed by atoms with Crippen LogP contribution >= 0.6 is 11.3 Å². The molecule has 0 saturated heterocycles. The molecule has 1 aromatic rings. The predicted octanol–water partition coefficient (Wildman–Crippen LogP) is 3.58. The molecule has 16 heavy (non-hydrogen) atoms. The number of nitrogens with one attached hydrogen (secondary N) is 1. The van der Waals surface area contributed by atoms with E-state index in [1.165, 1.54) is 4.88 Å². The molecule has 1 aromatic heterocycles. The van der Waals surface area contributed by atoms with Gasteiger partial charge in [-0.05, 0) is 24.3 Å². The van der Waals surface area contributed by atoms with E-state index >= 15 is 0 Å². The second kappa shape index (κ2) is 7.44. The van der Waals surface area contributed by atoms with E-state index in [2.05, 4.69) is 25.2 Å². The molecule has 0 fully saturated rings. The first-order chi connectivity index (χ1) is 7.77. The quantitative estimate of drug-likeness (QED) is 0.774. The summed E-state index contributed by atoms with van der Waals surface area (Å²) in [7, 11) is 0. The minimum atomic E-state index is 0.194. The molecule has 0 bridgehead atoms. The largest absolute Gasteiger partial charge is 0.351 e. The van der Waals surface area contributed by atoms with Gasteiger partial charge < -0.3 is 5.32 Å². The minimum absolute atomic E-state index is 0.194. The molecule has 0 saturated carbocycles. The van der Waals surface area contributed by atoms with E-state index < -0.39 is 0 Å². The van der Waals surface area contributed by atoms with Crippen molar-refractivity contribution in [3.05, 3.63) is 22.4 Å². The third-order valence-electron chi connectivity index (χ3n) is 2.79. The van der Waals surface area contributed by atoms with Gasteiger partial charge in [-0.1, -0.05) is 32.8 Å². The number of thiophene rings is 1. The van der Waals surface area contributed by atoms with Crippen LogP contribution in [0.1, 0.15) is 44.4 Å². The fraction of sp³-hybridized carbons (Fsp3) is 0.615. The molecule has 2 nitrogen and oxygen atoms in total. The van der Waals surface area contributed by atoms with Crippen LogP contribution < -0.4 is 5.32 Å². The van der Waals surface area contributed by atoms with E-state index in [1.807, 2.05) is 11.4 Å². The maximum absolute atomic E-state index is 11.9. The molecule has 0 aliphatic rings. The number of carbonyl (C=O) groups is 1. The van der Waals surface area contributed by atoms with Crippen LogP contribution in [0.15, 0.2) is 17.5 Å². The zero-order valence-corrected chi connectivity index (χ0v) is 11.0. The Labute approximate surface area is 102 Å². The topological polar surface area (TPSA) is 29.1 Å². The summed E-state index contributed by atoms with van der Waals surface area (Å²) in [4.78, 5) is 13.1. The first-order valence-electron chi connectivity index (χ1n) is 6.08. The van der Waals surface area contributed by atoms with Gasteiger partial charge >= 0.3 is 0 Å². The zero-order chi connectivity index (χ0) is 11.8. The molecule has 1 heterocycles. The minimum Gasteiger partial charge on any atom is -0.351 e. The van der Waals surface area contributed by atoms with Crippen molar-refractivity contribution in [3.63, 3.8) is 0 Å². The molecule has 0 aromatic carbocycles. The number of carbonyl (C=O) groups excluding carboxylic acids is 1. The molecule has 1 atom stereocenters. The predicted molar refractivity (Wildman–Crippen MR) is 69.5 cm³/mol. The maximum atomic E-state index is 11.9. The summed E-state index contributed by atoms with van der Waals surface area (Å²) in [6.07, 6.45) is 4.26. The van der Waals surface area contributed by atoms with E-state index in [4.69, 9.17) is 0 Å². The van der Waals surface area contributed by atoms with Crippen LogP contribution in [0.4, 0.5) is 0 Å². The molecule has 1 N–H and O–H groups in total. The molecule has 90 valence electrons. The highest BCUT2D eigenvalue weighted by Crippen LogP contribution is 2.13. The van der Waals surface area contributed by atoms with E-state index in [1.54, 1.807) is 11.3 Å². The average Bonchev–Trinajstić information content (AvgIpc) is 2.80. The van der Waals surface area contributed by atoms with Crippen LogP contribution in [0.25, 0.3) is 0 Å². The highest BCUT2D eigenvalue weighted by atomic mass is 32.1. The highest BCUT2D eigenvalue weighted by molar-refractivity contribution is 7.09. The van der Waals surface area contributed by atoms with Crippen LogP contribution in [0, 0.1) is 5.92 Å². The number of hydrogen-bond acceptors (Lipinski definition) is 2. The lowest BCUT2D eigenvalue weighted by molar-refractivity contribution is -0.125. The van der Waals surface area contributed by atoms with Crippen molar-refractivity contribution < 1.29 is 4.79 Å². The fourth-order valence-corrected chi connectivity index (χ4v) is 2.35. The van der Waals surface area contributed by atoms with Crippen molar-refractivity contribution >= 4 is 17.2 Å². The summed E-state index contributed by atoms with van der Waals surface area (Å²) in [6, 6.07) is 4.07. The number of rotatable bonds is 7. The lowest BCUT2D eigenvalue weighted by Gasteiger charge is -2.13. The fourth-order valence-electron chi connectivity index (χ4n) is 1.70. The molecule has 1 unspecified atom stereocenters. The summed E-state index contributed by atoms with van der Waals surface area (Å²) in [5, 5.41) is 5.05. The smallest absolute Gasteiger partial charge is 0.223 e. The van der Waals surface area contributed by atoms with Crippen molar-refractivity contribution in [1.82, 2.24) is 5.32 Å². The first kappa shape index (κ1) is 13.2. The van der Waals surface area contributed by atoms with Crippen molar-refractivity contribution in [2.75, 3.05) is 0 Å². The van der Waals surface area contributed by atoms with Crippen LogP contribution in [0.5, 0.6) is 0 Å². The summed E-state index contributed by atoms with van der Waals surface area (Å²) in [6.45, 7) is 4.93. The molecule has 1 amide bonds. The van der Waals surface area contributed by atoms with Gasteiger partial charge in [0, 0.05) is 10.8 Å². The molecule has 0 spiro atoms. The summed E-state index contributed by atoms with van der Waals surface area (Å²) in [5.41, 5.74) is 0. The Kier molecular flexibility index (Phi) is 6.16. The van der Waals surface area contributed by atoms with Gasteiger partial charge in [0.05, 0.1) is 6.54 Å². The molecular formula is C13H21NOS. The van der Waals surface area contributed by atoms with Gasteiger partial charge in [0.1, 0.15) is 0 Å². The van der Waals surface area contributed by atoms with Crippen molar-refractivity contribution in [3.8, 4) is 0 Å². The molecule has 0 aliphatic heterocycles. The van der Waals surface area contributed by atoms with Crippen LogP contribution in [-0.4, -0.2) is 5.91 Å². The van der Waals surface area contributed by atoms with Gasteiger partial charge in [0.2, 0.25) is 5.91 Å². The summed E-state index contributed by atoms with van der Waals surface area (Å²) < 4.78 is 0. The molecule has 0 radical (unpaired) electrons. The second-order valence-corrected chi connectivity index (χ2v) is 5.08. The van der Waals surface area contributed by atoms with Gasteiger partial charge in [0.15, 0.2) is 0 Å². The van der Waals surface area contributed by atoms with Crippen molar-refractivity contribution in [2.24, 2.45) is 5.92 Å². The average molecular weight is 239 g/mol. The SMILES string of the molecule is CCCCC(CC)C(=O)NCc1cccs1. The van der Waals surface area contributed by atoms with E-state index in [-0.39, 0.29) is 11.8 Å². The molecule has 0 aliphatic carbocycles. The van der Waals surface area contributed by atoms with Crippen molar-refractivity contribution in [2.45, 2.75) is 46.1 Å². The number of hydrogen-bond donors (Lipinski definition) is 1. The Balaban J connectivity index is 2.31. The highest BCUT2D eigenvalue weighted by Gasteiger charge is 2.15. The molecule has 3 heteroatoms. The van der Waals surface area contributed by atoms with Crippen LogP contribution in [-0.2, 0) is 11.3 Å². The lowest BCUT2D eigenvalue weighted by atomic mass is 9.98. The van der Waals surface area contributed by atoms with E-state index in [0.29, 0.717) is 6.54 Å². The lowest BCUT2D eigenvalue weighted by Crippen LogP contribution is -2.29. The zero-order valence-electron chi connectivity index (χ0n) is 10.2. The van der Waals surface area contributed by atoms with Crippen molar-refractivity contribution in [1.29, 1.82) is 0 Å². The third kappa shape index (κ3) is 4.35. The second-order valence-electron chi connectivity index (χ2n) is 4.04. The maximum Gasteiger partial charge on any atom is 0.223 e. The Morgan fingerprint density at radius 1 is 1.50 bits per heavy atom. The number of amides is 1. The van der Waals surface area contributed by atoms with Crippen LogP contribution in [0.3, 0.4) is 0 Å². The van der Waals surface area contributed by atoms with E-state index in [9.17, 15) is 4.79 Å². The summed E-state index contributed by atoms with van der Waals surface area (Å²) >= 11 is 1.69. The Morgan fingerprint density at radius 2 is 2.31 bits per heavy atom.